The molecule has 0 heterocycles. The average Bonchev–Trinajstić information content (AvgIpc) is 2.68. The van der Waals surface area contributed by atoms with E-state index >= 15 is 0 Å². The Kier molecular flexibility index (Phi) is 1.22. The number of rotatable bonds is 0. The molecule has 0 bridgehead atoms. The summed E-state index contributed by atoms with van der Waals surface area (Å²) in [6.07, 6.45) is 6.98. The van der Waals surface area contributed by atoms with Gasteiger partial charge in [-0.25, -0.2) is 0 Å². The Labute approximate surface area is 80.4 Å². The van der Waals surface area contributed by atoms with E-state index in [2.05, 4.69) is 0 Å². The van der Waals surface area contributed by atoms with Crippen molar-refractivity contribution < 1.29 is 10.2 Å². The molecule has 1 aromatic rings. The van der Waals surface area contributed by atoms with Crippen molar-refractivity contribution in [3.63, 3.8) is 0 Å². The summed E-state index contributed by atoms with van der Waals surface area (Å²) in [6.45, 7) is 0. The highest BCUT2D eigenvalue weighted by Crippen LogP contribution is 2.16. The number of fused-ring (bicyclic) bond motifs is 3. The molecule has 2 aliphatic carbocycles. The summed E-state index contributed by atoms with van der Waals surface area (Å²) in [5.74, 6) is 0.566. The first-order chi connectivity index (χ1) is 6.75. The van der Waals surface area contributed by atoms with Gasteiger partial charge in [0.2, 0.25) is 0 Å². The molecule has 0 saturated carbocycles. The van der Waals surface area contributed by atoms with Crippen LogP contribution in [0.1, 0.15) is 11.1 Å². The van der Waals surface area contributed by atoms with Crippen LogP contribution in [0.25, 0.3) is 24.0 Å². The van der Waals surface area contributed by atoms with E-state index in [1.807, 2.05) is 18.2 Å². The van der Waals surface area contributed by atoms with Crippen molar-refractivity contribution in [2.24, 2.45) is 0 Å². The Morgan fingerprint density at radius 2 is 1.71 bits per heavy atom. The molecule has 0 radical (unpaired) electrons. The van der Waals surface area contributed by atoms with Gasteiger partial charge in [-0.2, -0.15) is 0 Å². The Morgan fingerprint density at radius 1 is 0.857 bits per heavy atom. The molecule has 0 aromatic heterocycles. The van der Waals surface area contributed by atoms with Crippen LogP contribution in [0.2, 0.25) is 0 Å². The second-order valence-electron chi connectivity index (χ2n) is 3.46. The van der Waals surface area contributed by atoms with E-state index in [1.165, 1.54) is 0 Å². The van der Waals surface area contributed by atoms with E-state index in [0.717, 1.165) is 21.6 Å². The highest BCUT2D eigenvalue weighted by molar-refractivity contribution is 5.82. The van der Waals surface area contributed by atoms with Crippen LogP contribution in [0.5, 0.6) is 0 Å². The highest BCUT2D eigenvalue weighted by Gasteiger charge is 2.12. The van der Waals surface area contributed by atoms with E-state index in [0.29, 0.717) is 5.76 Å². The minimum Gasteiger partial charge on any atom is -0.508 e. The van der Waals surface area contributed by atoms with Gasteiger partial charge in [0, 0.05) is 5.22 Å². The summed E-state index contributed by atoms with van der Waals surface area (Å²) in [5, 5.41) is 20.7. The topological polar surface area (TPSA) is 40.5 Å². The Balaban J connectivity index is 2.50. The van der Waals surface area contributed by atoms with E-state index in [4.69, 9.17) is 0 Å². The molecule has 68 valence electrons. The maximum Gasteiger partial charge on any atom is 0.123 e. The monoisotopic (exact) mass is 184 g/mol. The quantitative estimate of drug-likeness (QED) is 0.633. The van der Waals surface area contributed by atoms with E-state index in [1.54, 1.807) is 18.2 Å². The standard InChI is InChI=1S/C12H8O2/c13-8-5-7-1-2-10-9(11(7)6-8)3-4-12(10)14/h1-6,13-14H. The van der Waals surface area contributed by atoms with Gasteiger partial charge in [0.1, 0.15) is 11.5 Å². The number of hydrogen-bond donors (Lipinski definition) is 2. The highest BCUT2D eigenvalue weighted by atomic mass is 16.3. The van der Waals surface area contributed by atoms with Crippen LogP contribution in [0.3, 0.4) is 0 Å². The summed E-state index contributed by atoms with van der Waals surface area (Å²) in [5.41, 5.74) is 1.97. The molecule has 14 heavy (non-hydrogen) atoms. The van der Waals surface area contributed by atoms with Crippen molar-refractivity contribution in [3.8, 4) is 0 Å². The number of benzene rings is 1. The number of allylic oxidation sites excluding steroid dienone is 1. The maximum atomic E-state index is 9.51. The van der Waals surface area contributed by atoms with Gasteiger partial charge >= 0.3 is 0 Å². The molecule has 0 aliphatic heterocycles. The van der Waals surface area contributed by atoms with Gasteiger partial charge < -0.3 is 10.2 Å². The minimum absolute atomic E-state index is 0.271. The lowest BCUT2D eigenvalue weighted by atomic mass is 10.1. The zero-order chi connectivity index (χ0) is 9.71. The molecule has 2 aliphatic rings. The Bertz CT molecular complexity index is 604. The lowest BCUT2D eigenvalue weighted by Gasteiger charge is -1.97. The predicted octanol–water partition coefficient (Wildman–Crippen LogP) is 1.07. The van der Waals surface area contributed by atoms with Gasteiger partial charge in [-0.3, -0.25) is 0 Å². The molecule has 0 saturated heterocycles. The summed E-state index contributed by atoms with van der Waals surface area (Å²) >= 11 is 0. The van der Waals surface area contributed by atoms with Crippen LogP contribution >= 0.6 is 0 Å². The van der Waals surface area contributed by atoms with E-state index in [9.17, 15) is 10.2 Å². The van der Waals surface area contributed by atoms with E-state index < -0.39 is 0 Å². The zero-order valence-electron chi connectivity index (χ0n) is 7.36. The third kappa shape index (κ3) is 0.799. The number of aliphatic hydroxyl groups is 2. The fraction of sp³-hybridized carbons (Fsp3) is 0. The molecule has 0 unspecified atom stereocenters. The molecular weight excluding hydrogens is 176 g/mol. The van der Waals surface area contributed by atoms with Crippen LogP contribution in [0.4, 0.5) is 0 Å². The van der Waals surface area contributed by atoms with Crippen molar-refractivity contribution >= 4 is 24.0 Å². The maximum absolute atomic E-state index is 9.51. The molecule has 2 nitrogen and oxygen atoms in total. The first-order valence-corrected chi connectivity index (χ1v) is 4.42. The van der Waals surface area contributed by atoms with E-state index in [-0.39, 0.29) is 5.76 Å². The zero-order valence-corrected chi connectivity index (χ0v) is 7.36. The van der Waals surface area contributed by atoms with Gasteiger partial charge in [0.25, 0.3) is 0 Å². The minimum atomic E-state index is 0.271. The third-order valence-corrected chi connectivity index (χ3v) is 2.60. The first kappa shape index (κ1) is 7.44. The van der Waals surface area contributed by atoms with Gasteiger partial charge in [0.15, 0.2) is 0 Å². The van der Waals surface area contributed by atoms with Crippen molar-refractivity contribution in [2.45, 2.75) is 0 Å². The van der Waals surface area contributed by atoms with Crippen molar-refractivity contribution in [1.29, 1.82) is 0 Å². The molecule has 1 aromatic carbocycles. The Hall–Kier alpha value is -1.96. The fourth-order valence-corrected chi connectivity index (χ4v) is 1.94. The van der Waals surface area contributed by atoms with Crippen LogP contribution in [-0.2, 0) is 0 Å². The largest absolute Gasteiger partial charge is 0.508 e. The lowest BCUT2D eigenvalue weighted by Crippen LogP contribution is -2.15. The van der Waals surface area contributed by atoms with Gasteiger partial charge in [-0.05, 0) is 40.6 Å². The summed E-state index contributed by atoms with van der Waals surface area (Å²) in [7, 11) is 0. The first-order valence-electron chi connectivity index (χ1n) is 4.42. The molecule has 0 amide bonds. The summed E-state index contributed by atoms with van der Waals surface area (Å²) in [6, 6.07) is 3.77. The van der Waals surface area contributed by atoms with Gasteiger partial charge in [0.05, 0.1) is 0 Å². The smallest absolute Gasteiger partial charge is 0.123 e. The average molecular weight is 184 g/mol. The molecule has 0 atom stereocenters. The molecule has 3 rings (SSSR count). The summed E-state index contributed by atoms with van der Waals surface area (Å²) < 4.78 is 0. The molecule has 0 fully saturated rings. The van der Waals surface area contributed by atoms with Crippen LogP contribution < -0.4 is 10.4 Å². The predicted molar refractivity (Wildman–Crippen MR) is 55.8 cm³/mol. The number of aliphatic hydroxyl groups excluding tert-OH is 2. The second kappa shape index (κ2) is 2.29. The summed E-state index contributed by atoms with van der Waals surface area (Å²) in [4.78, 5) is 0. The van der Waals surface area contributed by atoms with Crippen molar-refractivity contribution in [2.75, 3.05) is 0 Å². The third-order valence-electron chi connectivity index (χ3n) is 2.60. The normalized spacial score (nSPS) is 16.3. The van der Waals surface area contributed by atoms with Crippen molar-refractivity contribution in [1.82, 2.24) is 0 Å². The SMILES string of the molecule is OC1=Cc2c3c(ccc2=C1)=C(O)C=C3. The van der Waals surface area contributed by atoms with Gasteiger partial charge in [-0.15, -0.1) is 0 Å². The molecular formula is C12H8O2. The van der Waals surface area contributed by atoms with Crippen LogP contribution in [0, 0.1) is 0 Å². The lowest BCUT2D eigenvalue weighted by molar-refractivity contribution is 0.448. The number of hydrogen-bond acceptors (Lipinski definition) is 2. The fourth-order valence-electron chi connectivity index (χ4n) is 1.94. The molecule has 2 heteroatoms. The van der Waals surface area contributed by atoms with Crippen LogP contribution in [-0.4, -0.2) is 10.2 Å². The second-order valence-corrected chi connectivity index (χ2v) is 3.46. The van der Waals surface area contributed by atoms with Crippen molar-refractivity contribution in [3.05, 3.63) is 45.5 Å². The van der Waals surface area contributed by atoms with Gasteiger partial charge in [-0.1, -0.05) is 12.1 Å². The molecule has 2 N–H and O–H groups in total. The van der Waals surface area contributed by atoms with Crippen LogP contribution in [0.15, 0.2) is 24.0 Å². The molecule has 0 spiro atoms. The Morgan fingerprint density at radius 3 is 2.57 bits per heavy atom.